The normalized spacial score (nSPS) is 15.8. The van der Waals surface area contributed by atoms with E-state index in [0.717, 1.165) is 5.56 Å². The van der Waals surface area contributed by atoms with Crippen LogP contribution in [-0.4, -0.2) is 24.3 Å². The smallest absolute Gasteiger partial charge is 0.338 e. The molecule has 0 radical (unpaired) electrons. The Kier molecular flexibility index (Phi) is 6.74. The highest BCUT2D eigenvalue weighted by Gasteiger charge is 2.33. The average Bonchev–Trinajstić information content (AvgIpc) is 3.10. The van der Waals surface area contributed by atoms with E-state index in [1.54, 1.807) is 57.4 Å². The van der Waals surface area contributed by atoms with Crippen LogP contribution in [0.2, 0.25) is 10.0 Å². The van der Waals surface area contributed by atoms with Gasteiger partial charge in [0.1, 0.15) is 5.75 Å². The van der Waals surface area contributed by atoms with Crippen molar-refractivity contribution in [3.05, 3.63) is 94.6 Å². The summed E-state index contributed by atoms with van der Waals surface area (Å²) in [6.45, 7) is 3.68. The summed E-state index contributed by atoms with van der Waals surface area (Å²) >= 11 is 13.8. The SMILES string of the molecule is CCOC(=O)C1=C(C)N=c2s/c(=C\c3c(Cl)cccc3Cl)c(=O)n2C1c1ccc(OC)cc1. The highest BCUT2D eigenvalue weighted by molar-refractivity contribution is 7.07. The van der Waals surface area contributed by atoms with Gasteiger partial charge in [0.25, 0.3) is 5.56 Å². The summed E-state index contributed by atoms with van der Waals surface area (Å²) in [6, 6.07) is 11.7. The molecule has 1 aromatic heterocycles. The number of carbonyl (C=O) groups is 1. The van der Waals surface area contributed by atoms with E-state index < -0.39 is 12.0 Å². The third kappa shape index (κ3) is 4.36. The fraction of sp³-hybridized carbons (Fsp3) is 0.208. The Morgan fingerprint density at radius 1 is 1.18 bits per heavy atom. The summed E-state index contributed by atoms with van der Waals surface area (Å²) in [6.07, 6.45) is 1.66. The van der Waals surface area contributed by atoms with Gasteiger partial charge in [-0.05, 0) is 49.8 Å². The van der Waals surface area contributed by atoms with Crippen LogP contribution in [0.1, 0.15) is 31.0 Å². The summed E-state index contributed by atoms with van der Waals surface area (Å²) < 4.78 is 12.5. The van der Waals surface area contributed by atoms with Crippen molar-refractivity contribution >= 4 is 46.6 Å². The quantitative estimate of drug-likeness (QED) is 0.492. The molecule has 0 bridgehead atoms. The maximum atomic E-state index is 13.6. The molecule has 1 unspecified atom stereocenters. The largest absolute Gasteiger partial charge is 0.497 e. The van der Waals surface area contributed by atoms with E-state index >= 15 is 0 Å². The number of aromatic nitrogens is 1. The third-order valence-electron chi connectivity index (χ3n) is 5.22. The number of esters is 1. The number of hydrogen-bond donors (Lipinski definition) is 0. The molecule has 9 heteroatoms. The fourth-order valence-corrected chi connectivity index (χ4v) is 5.21. The van der Waals surface area contributed by atoms with Gasteiger partial charge in [-0.3, -0.25) is 9.36 Å². The number of ether oxygens (including phenoxy) is 2. The predicted molar refractivity (Wildman–Crippen MR) is 130 cm³/mol. The molecule has 4 rings (SSSR count). The molecule has 33 heavy (non-hydrogen) atoms. The summed E-state index contributed by atoms with van der Waals surface area (Å²) in [5.74, 6) is 0.154. The topological polar surface area (TPSA) is 69.9 Å². The lowest BCUT2D eigenvalue weighted by Crippen LogP contribution is -2.39. The number of nitrogens with zero attached hydrogens (tertiary/aromatic N) is 2. The minimum Gasteiger partial charge on any atom is -0.497 e. The minimum absolute atomic E-state index is 0.209. The summed E-state index contributed by atoms with van der Waals surface area (Å²) in [7, 11) is 1.58. The zero-order chi connectivity index (χ0) is 23.7. The molecule has 2 aromatic carbocycles. The van der Waals surface area contributed by atoms with Gasteiger partial charge in [0.15, 0.2) is 4.80 Å². The second kappa shape index (κ2) is 9.55. The van der Waals surface area contributed by atoms with Crippen LogP contribution >= 0.6 is 34.5 Å². The molecular weight excluding hydrogens is 483 g/mol. The van der Waals surface area contributed by atoms with Crippen molar-refractivity contribution in [1.82, 2.24) is 4.57 Å². The first kappa shape index (κ1) is 23.3. The Hall–Kier alpha value is -2.87. The Balaban J connectivity index is 1.97. The van der Waals surface area contributed by atoms with E-state index in [-0.39, 0.29) is 12.2 Å². The monoisotopic (exact) mass is 502 g/mol. The predicted octanol–water partition coefficient (Wildman–Crippen LogP) is 4.11. The average molecular weight is 503 g/mol. The lowest BCUT2D eigenvalue weighted by atomic mass is 9.96. The van der Waals surface area contributed by atoms with Crippen LogP contribution < -0.4 is 19.6 Å². The number of hydrogen-bond acceptors (Lipinski definition) is 6. The summed E-state index contributed by atoms with van der Waals surface area (Å²) in [5, 5.41) is 0.867. The first-order valence-electron chi connectivity index (χ1n) is 10.1. The van der Waals surface area contributed by atoms with E-state index in [4.69, 9.17) is 32.7 Å². The minimum atomic E-state index is -0.699. The van der Waals surface area contributed by atoms with Crippen LogP contribution in [0.15, 0.2) is 63.5 Å². The van der Waals surface area contributed by atoms with E-state index in [9.17, 15) is 9.59 Å². The van der Waals surface area contributed by atoms with E-state index in [2.05, 4.69) is 4.99 Å². The Morgan fingerprint density at radius 3 is 2.45 bits per heavy atom. The Morgan fingerprint density at radius 2 is 1.85 bits per heavy atom. The molecule has 0 fully saturated rings. The molecule has 170 valence electrons. The zero-order valence-corrected chi connectivity index (χ0v) is 20.4. The molecule has 2 heterocycles. The fourth-order valence-electron chi connectivity index (χ4n) is 3.67. The van der Waals surface area contributed by atoms with Crippen molar-refractivity contribution in [2.45, 2.75) is 19.9 Å². The van der Waals surface area contributed by atoms with Gasteiger partial charge < -0.3 is 9.47 Å². The van der Waals surface area contributed by atoms with Gasteiger partial charge in [-0.25, -0.2) is 9.79 Å². The number of halogens is 2. The van der Waals surface area contributed by atoms with E-state index in [1.165, 1.54) is 15.9 Å². The summed E-state index contributed by atoms with van der Waals surface area (Å²) in [5.41, 5.74) is 1.80. The van der Waals surface area contributed by atoms with Gasteiger partial charge in [0.05, 0.1) is 35.6 Å². The summed E-state index contributed by atoms with van der Waals surface area (Å²) in [4.78, 5) is 31.5. The Labute approximate surface area is 204 Å². The lowest BCUT2D eigenvalue weighted by Gasteiger charge is -2.24. The van der Waals surface area contributed by atoms with Crippen molar-refractivity contribution in [1.29, 1.82) is 0 Å². The van der Waals surface area contributed by atoms with Gasteiger partial charge >= 0.3 is 5.97 Å². The molecule has 0 aliphatic carbocycles. The molecule has 0 saturated carbocycles. The molecule has 0 N–H and O–H groups in total. The molecular formula is C24H20Cl2N2O4S. The highest BCUT2D eigenvalue weighted by Crippen LogP contribution is 2.31. The van der Waals surface area contributed by atoms with E-state index in [0.29, 0.717) is 42.0 Å². The van der Waals surface area contributed by atoms with Crippen molar-refractivity contribution in [3.63, 3.8) is 0 Å². The van der Waals surface area contributed by atoms with Crippen LogP contribution in [0, 0.1) is 0 Å². The zero-order valence-electron chi connectivity index (χ0n) is 18.1. The first-order valence-corrected chi connectivity index (χ1v) is 11.7. The molecule has 1 atom stereocenters. The number of rotatable bonds is 5. The number of thiazole rings is 1. The molecule has 0 amide bonds. The standard InChI is InChI=1S/C24H20Cl2N2O4S/c1-4-32-23(30)20-13(2)27-24-28(21(20)14-8-10-15(31-3)11-9-14)22(29)19(33-24)12-16-17(25)6-5-7-18(16)26/h5-12,21H,4H2,1-3H3/b19-12-. The van der Waals surface area contributed by atoms with Gasteiger partial charge in [-0.2, -0.15) is 0 Å². The second-order valence-electron chi connectivity index (χ2n) is 7.21. The van der Waals surface area contributed by atoms with Gasteiger partial charge in [0, 0.05) is 15.6 Å². The van der Waals surface area contributed by atoms with Crippen LogP contribution in [0.25, 0.3) is 6.08 Å². The maximum absolute atomic E-state index is 13.6. The first-order chi connectivity index (χ1) is 15.8. The van der Waals surface area contributed by atoms with Crippen molar-refractivity contribution in [2.75, 3.05) is 13.7 Å². The molecule has 3 aromatic rings. The molecule has 1 aliphatic rings. The highest BCUT2D eigenvalue weighted by atomic mass is 35.5. The maximum Gasteiger partial charge on any atom is 0.338 e. The second-order valence-corrected chi connectivity index (χ2v) is 9.03. The van der Waals surface area contributed by atoms with Crippen LogP contribution in [-0.2, 0) is 9.53 Å². The van der Waals surface area contributed by atoms with E-state index in [1.807, 2.05) is 12.1 Å². The van der Waals surface area contributed by atoms with Gasteiger partial charge in [-0.15, -0.1) is 0 Å². The van der Waals surface area contributed by atoms with Crippen molar-refractivity contribution in [3.8, 4) is 5.75 Å². The number of allylic oxidation sites excluding steroid dienone is 1. The molecule has 1 aliphatic heterocycles. The number of carbonyl (C=O) groups excluding carboxylic acids is 1. The van der Waals surface area contributed by atoms with Crippen LogP contribution in [0.5, 0.6) is 5.75 Å². The van der Waals surface area contributed by atoms with Crippen LogP contribution in [0.3, 0.4) is 0 Å². The van der Waals surface area contributed by atoms with Gasteiger partial charge in [-0.1, -0.05) is 52.7 Å². The molecule has 0 saturated heterocycles. The van der Waals surface area contributed by atoms with Crippen molar-refractivity contribution in [2.24, 2.45) is 4.99 Å². The molecule has 6 nitrogen and oxygen atoms in total. The molecule has 0 spiro atoms. The van der Waals surface area contributed by atoms with Crippen LogP contribution in [0.4, 0.5) is 0 Å². The lowest BCUT2D eigenvalue weighted by molar-refractivity contribution is -0.139. The number of methoxy groups -OCH3 is 1. The number of benzene rings is 2. The van der Waals surface area contributed by atoms with Gasteiger partial charge in [0.2, 0.25) is 0 Å². The number of fused-ring (bicyclic) bond motifs is 1. The van der Waals surface area contributed by atoms with Crippen molar-refractivity contribution < 1.29 is 14.3 Å². The Bertz CT molecular complexity index is 1420. The third-order valence-corrected chi connectivity index (χ3v) is 6.87.